The number of esters is 1. The summed E-state index contributed by atoms with van der Waals surface area (Å²) < 4.78 is 4.74. The molecule has 0 atom stereocenters. The third-order valence-electron chi connectivity index (χ3n) is 4.27. The van der Waals surface area contributed by atoms with E-state index in [-0.39, 0.29) is 5.91 Å². The van der Waals surface area contributed by atoms with E-state index in [1.165, 1.54) is 18.4 Å². The molecule has 0 bridgehead atoms. The zero-order valence-corrected chi connectivity index (χ0v) is 14.9. The Balaban J connectivity index is 1.65. The highest BCUT2D eigenvalue weighted by Crippen LogP contribution is 2.26. The summed E-state index contributed by atoms with van der Waals surface area (Å²) in [5, 5.41) is 7.03. The summed E-state index contributed by atoms with van der Waals surface area (Å²) in [6.45, 7) is 2.73. The van der Waals surface area contributed by atoms with Crippen molar-refractivity contribution in [2.45, 2.75) is 12.8 Å². The zero-order valence-electron chi connectivity index (χ0n) is 14.1. The van der Waals surface area contributed by atoms with Crippen molar-refractivity contribution in [2.75, 3.05) is 26.7 Å². The number of ether oxygens (including phenoxy) is 1. The van der Waals surface area contributed by atoms with E-state index in [1.54, 1.807) is 24.4 Å². The molecule has 1 aromatic heterocycles. The highest BCUT2D eigenvalue weighted by molar-refractivity contribution is 7.16. The first-order valence-electron chi connectivity index (χ1n) is 8.31. The summed E-state index contributed by atoms with van der Waals surface area (Å²) in [6.07, 6.45) is 3.77. The van der Waals surface area contributed by atoms with Gasteiger partial charge < -0.3 is 15.4 Å². The van der Waals surface area contributed by atoms with Crippen LogP contribution in [-0.4, -0.2) is 43.6 Å². The minimum absolute atomic E-state index is 0.0913. The van der Waals surface area contributed by atoms with Crippen molar-refractivity contribution in [3.05, 3.63) is 40.9 Å². The molecule has 0 radical (unpaired) electrons. The number of carbonyl (C=O) groups is 2. The average molecular weight is 359 g/mol. The Kier molecular flexibility index (Phi) is 5.78. The molecule has 1 aliphatic rings. The quantitative estimate of drug-likeness (QED) is 0.801. The van der Waals surface area contributed by atoms with Crippen LogP contribution in [0.4, 0.5) is 0 Å². The average Bonchev–Trinajstić information content (AvgIpc) is 3.17. The molecule has 1 aliphatic heterocycles. The first-order valence-corrected chi connectivity index (χ1v) is 9.12. The van der Waals surface area contributed by atoms with Crippen molar-refractivity contribution in [1.82, 2.24) is 15.6 Å². The first kappa shape index (κ1) is 17.6. The van der Waals surface area contributed by atoms with Gasteiger partial charge >= 0.3 is 5.97 Å². The number of carbonyl (C=O) groups excluding carboxylic acids is 2. The second kappa shape index (κ2) is 8.22. The van der Waals surface area contributed by atoms with Crippen molar-refractivity contribution in [3.63, 3.8) is 0 Å². The maximum Gasteiger partial charge on any atom is 0.337 e. The van der Waals surface area contributed by atoms with Crippen molar-refractivity contribution in [2.24, 2.45) is 5.92 Å². The fourth-order valence-corrected chi connectivity index (χ4v) is 3.65. The normalized spacial score (nSPS) is 14.9. The molecule has 1 fully saturated rings. The lowest BCUT2D eigenvalue weighted by molar-refractivity contribution is 0.0600. The van der Waals surface area contributed by atoms with Gasteiger partial charge in [0.25, 0.3) is 5.91 Å². The lowest BCUT2D eigenvalue weighted by Crippen LogP contribution is -2.35. The number of amides is 1. The van der Waals surface area contributed by atoms with E-state index in [9.17, 15) is 9.59 Å². The van der Waals surface area contributed by atoms with Crippen LogP contribution in [0.5, 0.6) is 0 Å². The molecule has 3 rings (SSSR count). The van der Waals surface area contributed by atoms with Crippen LogP contribution in [0, 0.1) is 5.92 Å². The van der Waals surface area contributed by atoms with Gasteiger partial charge in [0.15, 0.2) is 0 Å². The summed E-state index contributed by atoms with van der Waals surface area (Å²) in [4.78, 5) is 28.9. The summed E-state index contributed by atoms with van der Waals surface area (Å²) in [5.74, 6) is 0.0547. The Hall–Kier alpha value is -2.25. The van der Waals surface area contributed by atoms with Crippen molar-refractivity contribution in [1.29, 1.82) is 0 Å². The number of nitrogens with one attached hydrogen (secondary N) is 2. The Morgan fingerprint density at radius 1 is 1.36 bits per heavy atom. The molecule has 2 N–H and O–H groups in total. The highest BCUT2D eigenvalue weighted by atomic mass is 32.1. The number of hydrogen-bond donors (Lipinski definition) is 2. The number of rotatable bonds is 5. The Morgan fingerprint density at radius 2 is 2.16 bits per heavy atom. The minimum atomic E-state index is -0.390. The van der Waals surface area contributed by atoms with Crippen molar-refractivity contribution >= 4 is 23.2 Å². The van der Waals surface area contributed by atoms with E-state index in [0.29, 0.717) is 27.9 Å². The van der Waals surface area contributed by atoms with Crippen molar-refractivity contribution < 1.29 is 14.3 Å². The van der Waals surface area contributed by atoms with Gasteiger partial charge in [0.1, 0.15) is 9.88 Å². The number of benzene rings is 1. The van der Waals surface area contributed by atoms with E-state index in [2.05, 4.69) is 15.6 Å². The van der Waals surface area contributed by atoms with Gasteiger partial charge in [-0.3, -0.25) is 4.79 Å². The molecule has 1 saturated heterocycles. The van der Waals surface area contributed by atoms with E-state index < -0.39 is 5.97 Å². The Morgan fingerprint density at radius 3 is 2.92 bits per heavy atom. The van der Waals surface area contributed by atoms with E-state index in [4.69, 9.17) is 4.74 Å². The highest BCUT2D eigenvalue weighted by Gasteiger charge is 2.17. The predicted molar refractivity (Wildman–Crippen MR) is 96.8 cm³/mol. The molecule has 7 heteroatoms. The van der Waals surface area contributed by atoms with Crippen molar-refractivity contribution in [3.8, 4) is 10.6 Å². The number of piperidine rings is 1. The number of aromatic nitrogens is 1. The van der Waals surface area contributed by atoms with Crippen LogP contribution in [0.2, 0.25) is 0 Å². The molecule has 0 aliphatic carbocycles. The molecule has 0 unspecified atom stereocenters. The van der Waals surface area contributed by atoms with Crippen LogP contribution in [0.25, 0.3) is 10.6 Å². The van der Waals surface area contributed by atoms with Crippen LogP contribution in [0.3, 0.4) is 0 Å². The number of nitrogens with zero attached hydrogens (tertiary/aromatic N) is 1. The van der Waals surface area contributed by atoms with Crippen LogP contribution in [-0.2, 0) is 4.74 Å². The van der Waals surface area contributed by atoms with Gasteiger partial charge in [0.2, 0.25) is 0 Å². The van der Waals surface area contributed by atoms with Gasteiger partial charge in [-0.05, 0) is 44.0 Å². The standard InChI is InChI=1S/C18H21N3O3S/c1-24-18(23)14-4-2-3-13(9-14)17-21-11-15(25-17)16(22)20-10-12-5-7-19-8-6-12/h2-4,9,11-12,19H,5-8,10H2,1H3,(H,20,22). The Labute approximate surface area is 150 Å². The molecular formula is C18H21N3O3S. The number of methoxy groups -OCH3 is 1. The third-order valence-corrected chi connectivity index (χ3v) is 5.32. The van der Waals surface area contributed by atoms with Gasteiger partial charge in [-0.2, -0.15) is 0 Å². The summed E-state index contributed by atoms with van der Waals surface area (Å²) in [5.41, 5.74) is 1.26. The predicted octanol–water partition coefficient (Wildman–Crippen LogP) is 2.33. The Bertz CT molecular complexity index is 754. The molecule has 132 valence electrons. The first-order chi connectivity index (χ1) is 12.2. The topological polar surface area (TPSA) is 80.3 Å². The fourth-order valence-electron chi connectivity index (χ4n) is 2.82. The van der Waals surface area contributed by atoms with Gasteiger partial charge in [-0.25, -0.2) is 9.78 Å². The summed E-state index contributed by atoms with van der Waals surface area (Å²) >= 11 is 1.32. The molecule has 0 spiro atoms. The lowest BCUT2D eigenvalue weighted by Gasteiger charge is -2.22. The third kappa shape index (κ3) is 4.43. The molecule has 1 aromatic carbocycles. The maximum atomic E-state index is 12.3. The number of thiazole rings is 1. The van der Waals surface area contributed by atoms with Crippen LogP contribution < -0.4 is 10.6 Å². The molecule has 2 heterocycles. The summed E-state index contributed by atoms with van der Waals surface area (Å²) in [7, 11) is 1.35. The number of hydrogen-bond acceptors (Lipinski definition) is 6. The molecule has 1 amide bonds. The monoisotopic (exact) mass is 359 g/mol. The molecule has 6 nitrogen and oxygen atoms in total. The zero-order chi connectivity index (χ0) is 17.6. The molecule has 25 heavy (non-hydrogen) atoms. The minimum Gasteiger partial charge on any atom is -0.465 e. The molecular weight excluding hydrogens is 338 g/mol. The van der Waals surface area contributed by atoms with E-state index in [1.807, 2.05) is 6.07 Å². The van der Waals surface area contributed by atoms with Crippen LogP contribution in [0.15, 0.2) is 30.5 Å². The van der Waals surface area contributed by atoms with Crippen LogP contribution in [0.1, 0.15) is 32.9 Å². The van der Waals surface area contributed by atoms with Gasteiger partial charge in [-0.15, -0.1) is 11.3 Å². The maximum absolute atomic E-state index is 12.3. The fraction of sp³-hybridized carbons (Fsp3) is 0.389. The van der Waals surface area contributed by atoms with Gasteiger partial charge in [0, 0.05) is 12.1 Å². The molecule has 0 saturated carbocycles. The van der Waals surface area contributed by atoms with Gasteiger partial charge in [-0.1, -0.05) is 12.1 Å². The SMILES string of the molecule is COC(=O)c1cccc(-c2ncc(C(=O)NCC3CCNCC3)s2)c1. The summed E-state index contributed by atoms with van der Waals surface area (Å²) in [6, 6.07) is 7.05. The van der Waals surface area contributed by atoms with E-state index >= 15 is 0 Å². The molecule has 2 aromatic rings. The van der Waals surface area contributed by atoms with E-state index in [0.717, 1.165) is 31.5 Å². The smallest absolute Gasteiger partial charge is 0.337 e. The second-order valence-corrected chi connectivity index (χ2v) is 7.04. The van der Waals surface area contributed by atoms with Gasteiger partial charge in [0.05, 0.1) is 18.9 Å². The largest absolute Gasteiger partial charge is 0.465 e. The lowest BCUT2D eigenvalue weighted by atomic mass is 9.98. The second-order valence-electron chi connectivity index (χ2n) is 6.01. The van der Waals surface area contributed by atoms with Crippen LogP contribution >= 0.6 is 11.3 Å².